The van der Waals surface area contributed by atoms with Crippen molar-refractivity contribution in [1.82, 2.24) is 9.55 Å². The predicted molar refractivity (Wildman–Crippen MR) is 86.6 cm³/mol. The Hall–Kier alpha value is -2.00. The van der Waals surface area contributed by atoms with Crippen LogP contribution in [0.4, 0.5) is 0 Å². The number of halogens is 1. The van der Waals surface area contributed by atoms with Crippen LogP contribution < -0.4 is 4.74 Å². The molecule has 3 rings (SSSR count). The van der Waals surface area contributed by atoms with Crippen molar-refractivity contribution in [3.8, 4) is 11.4 Å². The first-order valence-electron chi connectivity index (χ1n) is 6.88. The van der Waals surface area contributed by atoms with Gasteiger partial charge in [-0.3, -0.25) is 4.57 Å². The van der Waals surface area contributed by atoms with Gasteiger partial charge in [-0.05, 0) is 37.6 Å². The van der Waals surface area contributed by atoms with E-state index in [2.05, 4.69) is 17.6 Å². The molecule has 2 aromatic carbocycles. The summed E-state index contributed by atoms with van der Waals surface area (Å²) in [6.07, 6.45) is 0. The fourth-order valence-electron chi connectivity index (χ4n) is 2.59. The van der Waals surface area contributed by atoms with Gasteiger partial charge in [-0.2, -0.15) is 0 Å². The SMILES string of the molecule is COc1cccc(-n2c(C(C)Cl)nc3cccc(C)c32)c1. The molecule has 0 amide bonds. The number of hydrogen-bond acceptors (Lipinski definition) is 2. The molecular weight excluding hydrogens is 284 g/mol. The zero-order valence-electron chi connectivity index (χ0n) is 12.3. The van der Waals surface area contributed by atoms with Gasteiger partial charge in [0.05, 0.1) is 29.2 Å². The van der Waals surface area contributed by atoms with Crippen molar-refractivity contribution in [2.24, 2.45) is 0 Å². The molecule has 0 saturated heterocycles. The van der Waals surface area contributed by atoms with Gasteiger partial charge >= 0.3 is 0 Å². The number of fused-ring (bicyclic) bond motifs is 1. The second-order valence-corrected chi connectivity index (χ2v) is 5.72. The van der Waals surface area contributed by atoms with Crippen LogP contribution in [0.2, 0.25) is 0 Å². The van der Waals surface area contributed by atoms with Crippen LogP contribution >= 0.6 is 11.6 Å². The smallest absolute Gasteiger partial charge is 0.132 e. The molecule has 4 heteroatoms. The van der Waals surface area contributed by atoms with Gasteiger partial charge in [0.25, 0.3) is 0 Å². The van der Waals surface area contributed by atoms with E-state index in [1.54, 1.807) is 7.11 Å². The standard InChI is InChI=1S/C17H17ClN2O/c1-11-6-4-9-15-16(11)20(17(19-15)12(2)18)13-7-5-8-14(10-13)21-3/h4-10,12H,1-3H3. The molecule has 0 radical (unpaired) electrons. The Balaban J connectivity index is 2.35. The number of rotatable bonds is 3. The monoisotopic (exact) mass is 300 g/mol. The molecule has 3 aromatic rings. The minimum atomic E-state index is -0.178. The average molecular weight is 301 g/mol. The molecule has 108 valence electrons. The highest BCUT2D eigenvalue weighted by atomic mass is 35.5. The highest BCUT2D eigenvalue weighted by Crippen LogP contribution is 2.30. The third kappa shape index (κ3) is 2.38. The maximum atomic E-state index is 6.34. The molecule has 3 nitrogen and oxygen atoms in total. The highest BCUT2D eigenvalue weighted by Gasteiger charge is 2.17. The summed E-state index contributed by atoms with van der Waals surface area (Å²) in [5.74, 6) is 1.66. The van der Waals surface area contributed by atoms with Gasteiger partial charge < -0.3 is 4.74 Å². The van der Waals surface area contributed by atoms with Crippen molar-refractivity contribution in [2.75, 3.05) is 7.11 Å². The number of hydrogen-bond donors (Lipinski definition) is 0. The van der Waals surface area contributed by atoms with Crippen molar-refractivity contribution < 1.29 is 4.74 Å². The summed E-state index contributed by atoms with van der Waals surface area (Å²) in [7, 11) is 1.67. The highest BCUT2D eigenvalue weighted by molar-refractivity contribution is 6.20. The average Bonchev–Trinajstić information content (AvgIpc) is 2.88. The molecule has 0 aliphatic heterocycles. The van der Waals surface area contributed by atoms with Gasteiger partial charge in [0.2, 0.25) is 0 Å². The molecule has 21 heavy (non-hydrogen) atoms. The lowest BCUT2D eigenvalue weighted by Crippen LogP contribution is -2.02. The minimum absolute atomic E-state index is 0.178. The summed E-state index contributed by atoms with van der Waals surface area (Å²) in [4.78, 5) is 4.70. The molecule has 1 heterocycles. The van der Waals surface area contributed by atoms with Crippen LogP contribution in [-0.4, -0.2) is 16.7 Å². The number of para-hydroxylation sites is 1. The Morgan fingerprint density at radius 1 is 1.19 bits per heavy atom. The fourth-order valence-corrected chi connectivity index (χ4v) is 2.74. The predicted octanol–water partition coefficient (Wildman–Crippen LogP) is 4.64. The van der Waals surface area contributed by atoms with Gasteiger partial charge in [-0.1, -0.05) is 18.2 Å². The topological polar surface area (TPSA) is 27.1 Å². The number of aromatic nitrogens is 2. The van der Waals surface area contributed by atoms with E-state index in [-0.39, 0.29) is 5.38 Å². The Morgan fingerprint density at radius 3 is 2.67 bits per heavy atom. The molecule has 0 fully saturated rings. The lowest BCUT2D eigenvalue weighted by molar-refractivity contribution is 0.414. The largest absolute Gasteiger partial charge is 0.497 e. The molecule has 1 unspecified atom stereocenters. The fraction of sp³-hybridized carbons (Fsp3) is 0.235. The van der Waals surface area contributed by atoms with E-state index in [0.29, 0.717) is 0 Å². The van der Waals surface area contributed by atoms with Crippen LogP contribution in [0, 0.1) is 6.92 Å². The van der Waals surface area contributed by atoms with Crippen LogP contribution in [-0.2, 0) is 0 Å². The summed E-state index contributed by atoms with van der Waals surface area (Å²) in [5.41, 5.74) is 4.23. The zero-order chi connectivity index (χ0) is 15.0. The summed E-state index contributed by atoms with van der Waals surface area (Å²) in [5, 5.41) is -0.178. The van der Waals surface area contributed by atoms with Gasteiger partial charge in [-0.25, -0.2) is 4.98 Å². The van der Waals surface area contributed by atoms with Gasteiger partial charge in [0.1, 0.15) is 11.6 Å². The quantitative estimate of drug-likeness (QED) is 0.659. The maximum absolute atomic E-state index is 6.34. The lowest BCUT2D eigenvalue weighted by atomic mass is 10.2. The second kappa shape index (κ2) is 5.41. The summed E-state index contributed by atoms with van der Waals surface area (Å²) in [6.45, 7) is 4.03. The molecule has 0 aliphatic carbocycles. The van der Waals surface area contributed by atoms with E-state index in [1.165, 1.54) is 5.56 Å². The molecule has 0 spiro atoms. The number of nitrogens with zero attached hydrogens (tertiary/aromatic N) is 2. The molecular formula is C17H17ClN2O. The van der Waals surface area contributed by atoms with Gasteiger partial charge in [0, 0.05) is 6.07 Å². The van der Waals surface area contributed by atoms with Crippen LogP contribution in [0.1, 0.15) is 23.7 Å². The van der Waals surface area contributed by atoms with Crippen LogP contribution in [0.25, 0.3) is 16.7 Å². The van der Waals surface area contributed by atoms with E-state index in [1.807, 2.05) is 43.3 Å². The number of methoxy groups -OCH3 is 1. The summed E-state index contributed by atoms with van der Waals surface area (Å²) >= 11 is 6.34. The first-order valence-corrected chi connectivity index (χ1v) is 7.32. The van der Waals surface area contributed by atoms with Crippen molar-refractivity contribution >= 4 is 22.6 Å². The van der Waals surface area contributed by atoms with E-state index < -0.39 is 0 Å². The number of ether oxygens (including phenoxy) is 1. The second-order valence-electron chi connectivity index (χ2n) is 5.07. The number of aryl methyl sites for hydroxylation is 1. The van der Waals surface area contributed by atoms with Crippen molar-refractivity contribution in [2.45, 2.75) is 19.2 Å². The summed E-state index contributed by atoms with van der Waals surface area (Å²) < 4.78 is 7.44. The van der Waals surface area contributed by atoms with Gasteiger partial charge in [0.15, 0.2) is 0 Å². The maximum Gasteiger partial charge on any atom is 0.132 e. The molecule has 0 bridgehead atoms. The van der Waals surface area contributed by atoms with E-state index in [9.17, 15) is 0 Å². The van der Waals surface area contributed by atoms with Gasteiger partial charge in [-0.15, -0.1) is 11.6 Å². The molecule has 1 aromatic heterocycles. The molecule has 0 aliphatic rings. The Morgan fingerprint density at radius 2 is 1.95 bits per heavy atom. The lowest BCUT2D eigenvalue weighted by Gasteiger charge is -2.12. The first-order chi connectivity index (χ1) is 10.1. The Labute approximate surface area is 129 Å². The first kappa shape index (κ1) is 14.0. The van der Waals surface area contributed by atoms with Crippen LogP contribution in [0.5, 0.6) is 5.75 Å². The molecule has 0 N–H and O–H groups in total. The van der Waals surface area contributed by atoms with Crippen LogP contribution in [0.15, 0.2) is 42.5 Å². The number of imidazole rings is 1. The van der Waals surface area contributed by atoms with Crippen molar-refractivity contribution in [3.05, 3.63) is 53.9 Å². The minimum Gasteiger partial charge on any atom is -0.497 e. The molecule has 0 saturated carbocycles. The summed E-state index contributed by atoms with van der Waals surface area (Å²) in [6, 6.07) is 14.1. The normalized spacial score (nSPS) is 12.6. The molecule has 1 atom stereocenters. The third-order valence-electron chi connectivity index (χ3n) is 3.57. The van der Waals surface area contributed by atoms with E-state index in [4.69, 9.17) is 21.3 Å². The van der Waals surface area contributed by atoms with Crippen LogP contribution in [0.3, 0.4) is 0 Å². The third-order valence-corrected chi connectivity index (χ3v) is 3.77. The van der Waals surface area contributed by atoms with E-state index >= 15 is 0 Å². The zero-order valence-corrected chi connectivity index (χ0v) is 13.1. The number of benzene rings is 2. The van der Waals surface area contributed by atoms with Crippen molar-refractivity contribution in [3.63, 3.8) is 0 Å². The number of alkyl halides is 1. The Bertz CT molecular complexity index is 793. The van der Waals surface area contributed by atoms with Crippen molar-refractivity contribution in [1.29, 1.82) is 0 Å². The Kier molecular flexibility index (Phi) is 3.60. The van der Waals surface area contributed by atoms with E-state index in [0.717, 1.165) is 28.3 Å².